The zero-order valence-electron chi connectivity index (χ0n) is 19.9. The van der Waals surface area contributed by atoms with Crippen LogP contribution in [0.1, 0.15) is 32.5 Å². The average Bonchev–Trinajstić information content (AvgIpc) is 3.30. The molecule has 2 N–H and O–H groups in total. The Bertz CT molecular complexity index is 1500. The molecule has 0 saturated heterocycles. The largest absolute Gasteiger partial charge is 0.387 e. The van der Waals surface area contributed by atoms with Gasteiger partial charge in [-0.1, -0.05) is 48.0 Å². The van der Waals surface area contributed by atoms with E-state index in [9.17, 15) is 14.7 Å². The number of carbonyl (C=O) groups is 1. The molecule has 0 saturated carbocycles. The number of nitrogens with zero attached hydrogens (tertiary/aromatic N) is 3. The van der Waals surface area contributed by atoms with Crippen molar-refractivity contribution in [2.24, 2.45) is 7.05 Å². The monoisotopic (exact) mass is 520 g/mol. The number of hydrogen-bond acceptors (Lipinski definition) is 5. The lowest BCUT2D eigenvalue weighted by Gasteiger charge is -2.20. The quantitative estimate of drug-likeness (QED) is 0.324. The Hall–Kier alpha value is -3.48. The molecule has 2 aromatic carbocycles. The summed E-state index contributed by atoms with van der Waals surface area (Å²) in [5.74, 6) is -0.429. The molecule has 2 heterocycles. The van der Waals surface area contributed by atoms with E-state index in [1.54, 1.807) is 47.2 Å². The van der Waals surface area contributed by atoms with E-state index in [4.69, 9.17) is 18.2 Å². The Morgan fingerprint density at radius 3 is 2.72 bits per heavy atom. The Morgan fingerprint density at radius 1 is 1.25 bits per heavy atom. The van der Waals surface area contributed by atoms with Crippen molar-refractivity contribution >= 4 is 44.7 Å². The SMILES string of the molecule is [C-]#[N+]c1cccc([C@H](O)CN(C)Cc2cc3c(=O)c(C(=O)NCc4ccc(Cl)cc4)cn(C)c3s2)c1. The Morgan fingerprint density at radius 2 is 2.00 bits per heavy atom. The van der Waals surface area contributed by atoms with Crippen LogP contribution in [0.4, 0.5) is 5.69 Å². The molecule has 0 unspecified atom stereocenters. The van der Waals surface area contributed by atoms with E-state index >= 15 is 0 Å². The molecule has 4 rings (SSSR count). The Labute approximate surface area is 218 Å². The van der Waals surface area contributed by atoms with Crippen LogP contribution < -0.4 is 10.7 Å². The highest BCUT2D eigenvalue weighted by Gasteiger charge is 2.18. The van der Waals surface area contributed by atoms with Crippen LogP contribution in [0.25, 0.3) is 15.1 Å². The van der Waals surface area contributed by atoms with Crippen LogP contribution in [-0.4, -0.2) is 34.1 Å². The number of nitrogens with one attached hydrogen (secondary N) is 1. The van der Waals surface area contributed by atoms with Crippen molar-refractivity contribution in [3.63, 3.8) is 0 Å². The van der Waals surface area contributed by atoms with E-state index in [2.05, 4.69) is 10.2 Å². The minimum atomic E-state index is -0.742. The smallest absolute Gasteiger partial charge is 0.257 e. The van der Waals surface area contributed by atoms with Gasteiger partial charge in [-0.25, -0.2) is 4.85 Å². The molecule has 9 heteroatoms. The van der Waals surface area contributed by atoms with Gasteiger partial charge in [0.2, 0.25) is 5.43 Å². The lowest BCUT2D eigenvalue weighted by atomic mass is 10.1. The highest BCUT2D eigenvalue weighted by Crippen LogP contribution is 2.26. The fraction of sp³-hybridized carbons (Fsp3) is 0.222. The van der Waals surface area contributed by atoms with E-state index in [1.165, 1.54) is 11.3 Å². The molecule has 0 fully saturated rings. The number of likely N-dealkylation sites (N-methyl/N-ethyl adjacent to an activating group) is 1. The van der Waals surface area contributed by atoms with Gasteiger partial charge in [0.15, 0.2) is 5.69 Å². The Balaban J connectivity index is 1.47. The highest BCUT2D eigenvalue weighted by atomic mass is 35.5. The van der Waals surface area contributed by atoms with Crippen molar-refractivity contribution in [2.75, 3.05) is 13.6 Å². The van der Waals surface area contributed by atoms with Gasteiger partial charge in [-0.3, -0.25) is 14.5 Å². The van der Waals surface area contributed by atoms with Crippen LogP contribution in [0.2, 0.25) is 5.02 Å². The minimum absolute atomic E-state index is 0.0896. The van der Waals surface area contributed by atoms with Gasteiger partial charge in [0.1, 0.15) is 10.4 Å². The third-order valence-corrected chi connectivity index (χ3v) is 7.26. The molecule has 184 valence electrons. The predicted molar refractivity (Wildman–Crippen MR) is 144 cm³/mol. The molecule has 0 spiro atoms. The maximum atomic E-state index is 13.1. The fourth-order valence-electron chi connectivity index (χ4n) is 3.96. The third-order valence-electron chi connectivity index (χ3n) is 5.80. The molecule has 36 heavy (non-hydrogen) atoms. The number of aromatic nitrogens is 1. The standard InChI is InChI=1S/C27H25ClN4O3S/c1-29-20-6-4-5-18(11-20)24(33)16-31(2)14-21-12-22-25(34)23(15-32(3)27(22)36-21)26(35)30-13-17-7-9-19(28)10-8-17/h4-12,15,24,33H,13-14,16H2,2-3H3,(H,30,35)/t24-/m1/s1. The fourth-order valence-corrected chi connectivity index (χ4v) is 5.26. The topological polar surface area (TPSA) is 78.9 Å². The number of carbonyl (C=O) groups excluding carboxylic acids is 1. The van der Waals surface area contributed by atoms with Crippen molar-refractivity contribution in [3.8, 4) is 0 Å². The van der Waals surface area contributed by atoms with Gasteiger partial charge in [-0.15, -0.1) is 11.3 Å². The number of rotatable bonds is 8. The molecule has 1 atom stereocenters. The molecule has 1 amide bonds. The highest BCUT2D eigenvalue weighted by molar-refractivity contribution is 7.18. The summed E-state index contributed by atoms with van der Waals surface area (Å²) in [5.41, 5.74) is 1.84. The molecule has 0 bridgehead atoms. The van der Waals surface area contributed by atoms with Crippen molar-refractivity contribution in [3.05, 3.63) is 109 Å². The van der Waals surface area contributed by atoms with Gasteiger partial charge in [0.25, 0.3) is 5.91 Å². The second-order valence-electron chi connectivity index (χ2n) is 8.64. The van der Waals surface area contributed by atoms with Gasteiger partial charge >= 0.3 is 0 Å². The first-order valence-corrected chi connectivity index (χ1v) is 12.4. The molecule has 0 aliphatic carbocycles. The van der Waals surface area contributed by atoms with Crippen LogP contribution >= 0.6 is 22.9 Å². The van der Waals surface area contributed by atoms with E-state index < -0.39 is 12.0 Å². The van der Waals surface area contributed by atoms with Crippen LogP contribution in [0, 0.1) is 6.57 Å². The summed E-state index contributed by atoms with van der Waals surface area (Å²) in [6.45, 7) is 8.33. The van der Waals surface area contributed by atoms with Crippen LogP contribution in [0.3, 0.4) is 0 Å². The van der Waals surface area contributed by atoms with Gasteiger partial charge < -0.3 is 15.0 Å². The molecule has 2 aromatic heterocycles. The van der Waals surface area contributed by atoms with E-state index in [-0.39, 0.29) is 17.5 Å². The van der Waals surface area contributed by atoms with E-state index in [1.807, 2.05) is 37.2 Å². The molecule has 0 aliphatic rings. The Kier molecular flexibility index (Phi) is 7.87. The lowest BCUT2D eigenvalue weighted by molar-refractivity contribution is 0.0949. The second-order valence-corrected chi connectivity index (χ2v) is 10.2. The third kappa shape index (κ3) is 5.83. The summed E-state index contributed by atoms with van der Waals surface area (Å²) in [4.78, 5) is 33.0. The normalized spacial score (nSPS) is 12.0. The summed E-state index contributed by atoms with van der Waals surface area (Å²) >= 11 is 7.39. The summed E-state index contributed by atoms with van der Waals surface area (Å²) in [7, 11) is 3.70. The van der Waals surface area contributed by atoms with Crippen molar-refractivity contribution in [1.29, 1.82) is 0 Å². The van der Waals surface area contributed by atoms with Gasteiger partial charge in [-0.2, -0.15) is 0 Å². The number of halogens is 1. The van der Waals surface area contributed by atoms with E-state index in [0.717, 1.165) is 15.3 Å². The predicted octanol–water partition coefficient (Wildman–Crippen LogP) is 4.90. The van der Waals surface area contributed by atoms with Crippen molar-refractivity contribution in [1.82, 2.24) is 14.8 Å². The molecule has 4 aromatic rings. The number of aryl methyl sites for hydroxylation is 1. The van der Waals surface area contributed by atoms with Gasteiger partial charge in [0, 0.05) is 42.8 Å². The van der Waals surface area contributed by atoms with Crippen molar-refractivity contribution < 1.29 is 9.90 Å². The molecule has 0 radical (unpaired) electrons. The number of thiophene rings is 1. The van der Waals surface area contributed by atoms with Gasteiger partial charge in [-0.05, 0) is 36.4 Å². The van der Waals surface area contributed by atoms with E-state index in [0.29, 0.717) is 34.7 Å². The number of fused-ring (bicyclic) bond motifs is 1. The number of amides is 1. The average molecular weight is 521 g/mol. The first kappa shape index (κ1) is 25.6. The summed E-state index contributed by atoms with van der Waals surface area (Å²) < 4.78 is 1.80. The summed E-state index contributed by atoms with van der Waals surface area (Å²) in [5, 5.41) is 14.5. The van der Waals surface area contributed by atoms with Crippen LogP contribution in [0.5, 0.6) is 0 Å². The van der Waals surface area contributed by atoms with Crippen molar-refractivity contribution in [2.45, 2.75) is 19.2 Å². The molecule has 7 nitrogen and oxygen atoms in total. The number of benzene rings is 2. The first-order valence-electron chi connectivity index (χ1n) is 11.2. The molecular weight excluding hydrogens is 496 g/mol. The molecule has 0 aliphatic heterocycles. The zero-order chi connectivity index (χ0) is 25.8. The number of hydrogen-bond donors (Lipinski definition) is 2. The maximum absolute atomic E-state index is 13.1. The number of aliphatic hydroxyl groups is 1. The first-order chi connectivity index (χ1) is 17.2. The number of pyridine rings is 1. The number of aliphatic hydroxyl groups excluding tert-OH is 1. The van der Waals surface area contributed by atoms with Crippen LogP contribution in [-0.2, 0) is 20.1 Å². The minimum Gasteiger partial charge on any atom is -0.387 e. The maximum Gasteiger partial charge on any atom is 0.257 e. The zero-order valence-corrected chi connectivity index (χ0v) is 21.4. The second kappa shape index (κ2) is 11.1. The lowest BCUT2D eigenvalue weighted by Crippen LogP contribution is -2.29. The molecular formula is C27H25ClN4O3S. The summed E-state index contributed by atoms with van der Waals surface area (Å²) in [6, 6.07) is 15.9. The summed E-state index contributed by atoms with van der Waals surface area (Å²) in [6.07, 6.45) is 0.827. The van der Waals surface area contributed by atoms with Gasteiger partial charge in [0.05, 0.1) is 18.1 Å². The van der Waals surface area contributed by atoms with Crippen LogP contribution in [0.15, 0.2) is 65.6 Å².